The molecule has 1 aliphatic rings. The van der Waals surface area contributed by atoms with Gasteiger partial charge in [-0.1, -0.05) is 0 Å². The van der Waals surface area contributed by atoms with E-state index in [1.54, 1.807) is 38.6 Å². The van der Waals surface area contributed by atoms with Crippen molar-refractivity contribution < 1.29 is 19.4 Å². The molecule has 1 aromatic carbocycles. The van der Waals surface area contributed by atoms with Gasteiger partial charge >= 0.3 is 5.97 Å². The molecule has 2 N–H and O–H groups in total. The van der Waals surface area contributed by atoms with Gasteiger partial charge in [0.1, 0.15) is 18.1 Å². The van der Waals surface area contributed by atoms with Gasteiger partial charge in [-0.15, -0.1) is 0 Å². The number of ether oxygens (including phenoxy) is 2. The number of H-pyrrole nitrogens is 1. The first kappa shape index (κ1) is 24.8. The third-order valence-electron chi connectivity index (χ3n) is 6.65. The lowest BCUT2D eigenvalue weighted by Crippen LogP contribution is -2.33. The molecular formula is C26H31N7O4. The van der Waals surface area contributed by atoms with Crippen molar-refractivity contribution in [1.29, 1.82) is 0 Å². The molecule has 0 amide bonds. The average molecular weight is 506 g/mol. The topological polar surface area (TPSA) is 131 Å². The van der Waals surface area contributed by atoms with E-state index < -0.39 is 5.97 Å². The van der Waals surface area contributed by atoms with E-state index in [1.165, 1.54) is 4.80 Å². The van der Waals surface area contributed by atoms with Crippen molar-refractivity contribution >= 4 is 17.0 Å². The number of carbonyl (C=O) groups is 1. The van der Waals surface area contributed by atoms with Gasteiger partial charge in [0, 0.05) is 31.8 Å². The van der Waals surface area contributed by atoms with Gasteiger partial charge in [-0.05, 0) is 62.2 Å². The van der Waals surface area contributed by atoms with E-state index in [1.807, 2.05) is 6.07 Å². The van der Waals surface area contributed by atoms with Crippen LogP contribution in [0.2, 0.25) is 0 Å². The van der Waals surface area contributed by atoms with Crippen LogP contribution < -0.4 is 4.74 Å². The number of carboxylic acid groups (broad SMARTS) is 1. The normalized spacial score (nSPS) is 14.9. The molecule has 0 bridgehead atoms. The summed E-state index contributed by atoms with van der Waals surface area (Å²) in [6, 6.07) is 9.11. The zero-order valence-electron chi connectivity index (χ0n) is 21.1. The number of aromatic nitrogens is 6. The zero-order valence-corrected chi connectivity index (χ0v) is 21.1. The Balaban J connectivity index is 1.23. The number of hydrogen-bond donors (Lipinski definition) is 2. The molecular weight excluding hydrogens is 474 g/mol. The fourth-order valence-electron chi connectivity index (χ4n) is 4.70. The Kier molecular flexibility index (Phi) is 7.42. The van der Waals surface area contributed by atoms with Crippen molar-refractivity contribution in [2.45, 2.75) is 38.3 Å². The lowest BCUT2D eigenvalue weighted by atomic mass is 9.92. The second-order valence-corrected chi connectivity index (χ2v) is 9.37. The maximum Gasteiger partial charge on any atom is 0.335 e. The van der Waals surface area contributed by atoms with Crippen LogP contribution >= 0.6 is 0 Å². The first-order valence-corrected chi connectivity index (χ1v) is 12.4. The molecule has 194 valence electrons. The Morgan fingerprint density at radius 2 is 2.03 bits per heavy atom. The van der Waals surface area contributed by atoms with Gasteiger partial charge in [0.2, 0.25) is 5.88 Å². The number of pyridine rings is 1. The van der Waals surface area contributed by atoms with Crippen LogP contribution in [-0.4, -0.2) is 72.7 Å². The van der Waals surface area contributed by atoms with Gasteiger partial charge in [0.25, 0.3) is 0 Å². The molecule has 1 aliphatic heterocycles. The molecule has 37 heavy (non-hydrogen) atoms. The number of hydrogen-bond acceptors (Lipinski definition) is 8. The largest absolute Gasteiger partial charge is 0.478 e. The lowest BCUT2D eigenvalue weighted by molar-refractivity contribution is 0.0697. The van der Waals surface area contributed by atoms with Crippen LogP contribution in [0.15, 0.2) is 36.5 Å². The SMILES string of the molecule is COCCc1cc(OCc2cnn(C)n2)nc(C2CCN(Cc3nc4ccc(C(=O)O)cc4[nH]3)CC2)c1. The van der Waals surface area contributed by atoms with Crippen LogP contribution in [0.4, 0.5) is 0 Å². The third-order valence-corrected chi connectivity index (χ3v) is 6.65. The van der Waals surface area contributed by atoms with Gasteiger partial charge < -0.3 is 19.6 Å². The summed E-state index contributed by atoms with van der Waals surface area (Å²) in [7, 11) is 3.48. The van der Waals surface area contributed by atoms with Gasteiger partial charge in [-0.3, -0.25) is 4.90 Å². The zero-order chi connectivity index (χ0) is 25.8. The molecule has 4 aromatic rings. The number of imidazole rings is 1. The van der Waals surface area contributed by atoms with Crippen molar-refractivity contribution in [3.63, 3.8) is 0 Å². The summed E-state index contributed by atoms with van der Waals surface area (Å²) in [6.07, 6.45) is 4.45. The maximum absolute atomic E-state index is 11.2. The van der Waals surface area contributed by atoms with Crippen LogP contribution in [0, 0.1) is 0 Å². The quantitative estimate of drug-likeness (QED) is 0.334. The second-order valence-electron chi connectivity index (χ2n) is 9.37. The predicted molar refractivity (Wildman–Crippen MR) is 135 cm³/mol. The number of nitrogens with zero attached hydrogens (tertiary/aromatic N) is 6. The van der Waals surface area contributed by atoms with Crippen LogP contribution in [0.3, 0.4) is 0 Å². The van der Waals surface area contributed by atoms with E-state index in [9.17, 15) is 9.90 Å². The van der Waals surface area contributed by atoms with E-state index in [2.05, 4.69) is 31.1 Å². The number of aromatic carboxylic acids is 1. The minimum atomic E-state index is -0.942. The van der Waals surface area contributed by atoms with E-state index in [0.29, 0.717) is 31.6 Å². The number of rotatable bonds is 10. The molecule has 1 saturated heterocycles. The molecule has 1 fully saturated rings. The summed E-state index contributed by atoms with van der Waals surface area (Å²) in [4.78, 5) is 27.9. The van der Waals surface area contributed by atoms with Crippen molar-refractivity contribution in [2.24, 2.45) is 7.05 Å². The van der Waals surface area contributed by atoms with Crippen molar-refractivity contribution in [3.8, 4) is 5.88 Å². The monoisotopic (exact) mass is 505 g/mol. The lowest BCUT2D eigenvalue weighted by Gasteiger charge is -2.31. The number of carboxylic acids is 1. The van der Waals surface area contributed by atoms with Crippen molar-refractivity contribution in [2.75, 3.05) is 26.8 Å². The molecule has 0 unspecified atom stereocenters. The Bertz CT molecular complexity index is 1370. The number of aromatic amines is 1. The Hall–Kier alpha value is -3.83. The number of piperidine rings is 1. The maximum atomic E-state index is 11.2. The van der Waals surface area contributed by atoms with Crippen molar-refractivity contribution in [1.82, 2.24) is 34.8 Å². The Labute approximate surface area is 214 Å². The number of nitrogens with one attached hydrogen (secondary N) is 1. The van der Waals surface area contributed by atoms with Crippen LogP contribution in [0.5, 0.6) is 5.88 Å². The predicted octanol–water partition coefficient (Wildman–Crippen LogP) is 2.93. The van der Waals surface area contributed by atoms with Gasteiger partial charge in [0.05, 0.1) is 35.9 Å². The van der Waals surface area contributed by atoms with Gasteiger partial charge in [-0.2, -0.15) is 15.0 Å². The fraction of sp³-hybridized carbons (Fsp3) is 0.423. The molecule has 5 rings (SSSR count). The van der Waals surface area contributed by atoms with Gasteiger partial charge in [0.15, 0.2) is 0 Å². The number of methoxy groups -OCH3 is 1. The standard InChI is InChI=1S/C26H31N7O4/c1-32-27-14-20(31-32)16-37-25-12-17(7-10-36-2)11-22(30-25)18-5-8-33(9-6-18)15-24-28-21-4-3-19(26(34)35)13-23(21)29-24/h3-4,11-14,18H,5-10,15-16H2,1-2H3,(H,28,29)(H,34,35). The molecule has 0 saturated carbocycles. The molecule has 0 spiro atoms. The number of likely N-dealkylation sites (tertiary alicyclic amines) is 1. The summed E-state index contributed by atoms with van der Waals surface area (Å²) >= 11 is 0. The Morgan fingerprint density at radius 3 is 2.76 bits per heavy atom. The highest BCUT2D eigenvalue weighted by Crippen LogP contribution is 2.30. The minimum Gasteiger partial charge on any atom is -0.478 e. The molecule has 4 heterocycles. The van der Waals surface area contributed by atoms with E-state index in [4.69, 9.17) is 14.5 Å². The average Bonchev–Trinajstić information content (AvgIpc) is 3.51. The first-order valence-electron chi connectivity index (χ1n) is 12.4. The molecule has 0 aliphatic carbocycles. The highest BCUT2D eigenvalue weighted by atomic mass is 16.5. The summed E-state index contributed by atoms with van der Waals surface area (Å²) in [5.74, 6) is 0.837. The second kappa shape index (κ2) is 11.1. The van der Waals surface area contributed by atoms with Crippen molar-refractivity contribution in [3.05, 3.63) is 64.9 Å². The van der Waals surface area contributed by atoms with Crippen LogP contribution in [-0.2, 0) is 31.4 Å². The fourth-order valence-corrected chi connectivity index (χ4v) is 4.70. The third kappa shape index (κ3) is 6.12. The molecule has 11 heteroatoms. The molecule has 0 radical (unpaired) electrons. The molecule has 3 aromatic heterocycles. The van der Waals surface area contributed by atoms with E-state index in [-0.39, 0.29) is 5.56 Å². The molecule has 11 nitrogen and oxygen atoms in total. The smallest absolute Gasteiger partial charge is 0.335 e. The summed E-state index contributed by atoms with van der Waals surface area (Å²) in [5.41, 5.74) is 4.73. The van der Waals surface area contributed by atoms with E-state index in [0.717, 1.165) is 66.2 Å². The van der Waals surface area contributed by atoms with E-state index >= 15 is 0 Å². The van der Waals surface area contributed by atoms with Gasteiger partial charge in [-0.25, -0.2) is 14.8 Å². The number of benzene rings is 1. The number of aryl methyl sites for hydroxylation is 1. The first-order chi connectivity index (χ1) is 18.0. The molecule has 0 atom stereocenters. The van der Waals surface area contributed by atoms with Crippen LogP contribution in [0.25, 0.3) is 11.0 Å². The highest BCUT2D eigenvalue weighted by Gasteiger charge is 2.23. The van der Waals surface area contributed by atoms with Crippen LogP contribution in [0.1, 0.15) is 51.9 Å². The number of fused-ring (bicyclic) bond motifs is 1. The highest BCUT2D eigenvalue weighted by molar-refractivity contribution is 5.92. The summed E-state index contributed by atoms with van der Waals surface area (Å²) < 4.78 is 11.3. The summed E-state index contributed by atoms with van der Waals surface area (Å²) in [6.45, 7) is 3.48. The Morgan fingerprint density at radius 1 is 1.19 bits per heavy atom. The summed E-state index contributed by atoms with van der Waals surface area (Å²) in [5, 5.41) is 17.6. The minimum absolute atomic E-state index is 0.254.